The molecule has 7 heteroatoms. The smallest absolute Gasteiger partial charge is 0.243 e. The van der Waals surface area contributed by atoms with Crippen LogP contribution in [0.5, 0.6) is 0 Å². The van der Waals surface area contributed by atoms with Crippen LogP contribution in [0, 0.1) is 5.41 Å². The molecule has 0 saturated carbocycles. The fourth-order valence-electron chi connectivity index (χ4n) is 4.15. The van der Waals surface area contributed by atoms with E-state index in [9.17, 15) is 8.42 Å². The number of nitrogens with zero attached hydrogens (tertiary/aromatic N) is 2. The Hall–Kier alpha value is -0.990. The number of hydrogen-bond acceptors (Lipinski definition) is 5. The Morgan fingerprint density at radius 2 is 1.68 bits per heavy atom. The fourth-order valence-corrected chi connectivity index (χ4v) is 5.61. The molecule has 1 unspecified atom stereocenters. The van der Waals surface area contributed by atoms with Gasteiger partial charge >= 0.3 is 0 Å². The first kappa shape index (κ1) is 17.4. The molecule has 3 heterocycles. The molecule has 4 rings (SSSR count). The lowest BCUT2D eigenvalue weighted by Gasteiger charge is -2.38. The highest BCUT2D eigenvalue weighted by molar-refractivity contribution is 7.89. The number of morpholine rings is 1. The molecule has 0 bridgehead atoms. The second kappa shape index (κ2) is 6.96. The topological polar surface area (TPSA) is 59.1 Å². The maximum absolute atomic E-state index is 12.8. The maximum Gasteiger partial charge on any atom is 0.243 e. The van der Waals surface area contributed by atoms with Crippen LogP contribution in [0.3, 0.4) is 0 Å². The van der Waals surface area contributed by atoms with Gasteiger partial charge in [0.05, 0.1) is 24.7 Å². The molecule has 138 valence electrons. The Morgan fingerprint density at radius 3 is 2.36 bits per heavy atom. The van der Waals surface area contributed by atoms with E-state index in [0.717, 1.165) is 52.2 Å². The zero-order valence-electron chi connectivity index (χ0n) is 14.5. The van der Waals surface area contributed by atoms with E-state index in [1.807, 2.05) is 6.07 Å². The Morgan fingerprint density at radius 1 is 1.00 bits per heavy atom. The fraction of sp³-hybridized carbons (Fsp3) is 0.667. The lowest BCUT2D eigenvalue weighted by Crippen LogP contribution is -2.45. The van der Waals surface area contributed by atoms with Crippen molar-refractivity contribution in [1.82, 2.24) is 9.21 Å². The van der Waals surface area contributed by atoms with Crippen LogP contribution in [-0.2, 0) is 19.5 Å². The molecular formula is C18H26N2O4S. The SMILES string of the molecule is O=S(=O)(c1ccccc1)N1CCC2(CC1)COC(N1CCOCC1)C2. The molecule has 0 radical (unpaired) electrons. The van der Waals surface area contributed by atoms with Crippen molar-refractivity contribution in [2.75, 3.05) is 46.0 Å². The number of sulfonamides is 1. The van der Waals surface area contributed by atoms with E-state index in [2.05, 4.69) is 4.90 Å². The zero-order valence-corrected chi connectivity index (χ0v) is 15.3. The van der Waals surface area contributed by atoms with Crippen molar-refractivity contribution in [3.8, 4) is 0 Å². The summed E-state index contributed by atoms with van der Waals surface area (Å²) in [6.07, 6.45) is 2.92. The van der Waals surface area contributed by atoms with Gasteiger partial charge in [0.25, 0.3) is 0 Å². The minimum atomic E-state index is -3.38. The van der Waals surface area contributed by atoms with Crippen LogP contribution in [0.2, 0.25) is 0 Å². The third-order valence-electron chi connectivity index (χ3n) is 5.81. The van der Waals surface area contributed by atoms with E-state index in [1.165, 1.54) is 0 Å². The van der Waals surface area contributed by atoms with Crippen molar-refractivity contribution in [2.45, 2.75) is 30.4 Å². The Kier molecular flexibility index (Phi) is 4.85. The van der Waals surface area contributed by atoms with Crippen LogP contribution in [-0.4, -0.2) is 69.9 Å². The predicted molar refractivity (Wildman–Crippen MR) is 93.6 cm³/mol. The van der Waals surface area contributed by atoms with Crippen LogP contribution >= 0.6 is 0 Å². The average Bonchev–Trinajstić information content (AvgIpc) is 3.07. The van der Waals surface area contributed by atoms with Crippen molar-refractivity contribution in [3.63, 3.8) is 0 Å². The van der Waals surface area contributed by atoms with Gasteiger partial charge < -0.3 is 9.47 Å². The van der Waals surface area contributed by atoms with Crippen LogP contribution in [0.1, 0.15) is 19.3 Å². The van der Waals surface area contributed by atoms with Gasteiger partial charge in [0.1, 0.15) is 6.23 Å². The summed E-state index contributed by atoms with van der Waals surface area (Å²) in [7, 11) is -3.38. The number of hydrogen-bond donors (Lipinski definition) is 0. The number of rotatable bonds is 3. The minimum Gasteiger partial charge on any atom is -0.379 e. The van der Waals surface area contributed by atoms with Crippen molar-refractivity contribution < 1.29 is 17.9 Å². The molecule has 0 aromatic heterocycles. The molecule has 3 saturated heterocycles. The van der Waals surface area contributed by atoms with E-state index in [1.54, 1.807) is 28.6 Å². The minimum absolute atomic E-state index is 0.131. The molecular weight excluding hydrogens is 340 g/mol. The third-order valence-corrected chi connectivity index (χ3v) is 7.72. The van der Waals surface area contributed by atoms with E-state index < -0.39 is 10.0 Å². The predicted octanol–water partition coefficient (Wildman–Crippen LogP) is 1.54. The normalized spacial score (nSPS) is 28.4. The molecule has 3 aliphatic rings. The number of piperidine rings is 1. The molecule has 0 aliphatic carbocycles. The highest BCUT2D eigenvalue weighted by Crippen LogP contribution is 2.43. The first-order valence-corrected chi connectivity index (χ1v) is 10.5. The van der Waals surface area contributed by atoms with Gasteiger partial charge in [0.15, 0.2) is 0 Å². The second-order valence-electron chi connectivity index (χ2n) is 7.34. The van der Waals surface area contributed by atoms with Gasteiger partial charge in [0, 0.05) is 31.6 Å². The van der Waals surface area contributed by atoms with Gasteiger partial charge in [-0.05, 0) is 31.4 Å². The molecule has 3 aliphatic heterocycles. The van der Waals surface area contributed by atoms with Gasteiger partial charge in [-0.1, -0.05) is 18.2 Å². The summed E-state index contributed by atoms with van der Waals surface area (Å²) < 4.78 is 38.7. The number of benzene rings is 1. The summed E-state index contributed by atoms with van der Waals surface area (Å²) in [6, 6.07) is 8.73. The van der Waals surface area contributed by atoms with Gasteiger partial charge in [-0.2, -0.15) is 4.31 Å². The van der Waals surface area contributed by atoms with E-state index in [0.29, 0.717) is 18.0 Å². The molecule has 6 nitrogen and oxygen atoms in total. The van der Waals surface area contributed by atoms with Crippen LogP contribution in [0.15, 0.2) is 35.2 Å². The second-order valence-corrected chi connectivity index (χ2v) is 9.27. The van der Waals surface area contributed by atoms with Gasteiger partial charge in [0.2, 0.25) is 10.0 Å². The lowest BCUT2D eigenvalue weighted by atomic mass is 9.78. The highest BCUT2D eigenvalue weighted by atomic mass is 32.2. The molecule has 0 N–H and O–H groups in total. The highest BCUT2D eigenvalue weighted by Gasteiger charge is 2.46. The van der Waals surface area contributed by atoms with Gasteiger partial charge in [-0.15, -0.1) is 0 Å². The molecule has 1 spiro atoms. The summed E-state index contributed by atoms with van der Waals surface area (Å²) in [5, 5.41) is 0. The van der Waals surface area contributed by atoms with Crippen molar-refractivity contribution in [1.29, 1.82) is 0 Å². The lowest BCUT2D eigenvalue weighted by molar-refractivity contribution is -0.0696. The Bertz CT molecular complexity index is 680. The molecule has 3 fully saturated rings. The number of ether oxygens (including phenoxy) is 2. The standard InChI is InChI=1S/C18H26N2O4S/c21-25(22,16-4-2-1-3-5-16)20-8-6-18(7-9-20)14-17(24-15-18)19-10-12-23-13-11-19/h1-5,17H,6-15H2. The van der Waals surface area contributed by atoms with E-state index >= 15 is 0 Å². The van der Waals surface area contributed by atoms with Crippen LogP contribution < -0.4 is 0 Å². The Balaban J connectivity index is 1.38. The molecule has 1 aromatic carbocycles. The summed E-state index contributed by atoms with van der Waals surface area (Å²) in [5.41, 5.74) is 0.131. The van der Waals surface area contributed by atoms with Crippen LogP contribution in [0.25, 0.3) is 0 Å². The monoisotopic (exact) mass is 366 g/mol. The van der Waals surface area contributed by atoms with Crippen molar-refractivity contribution in [2.24, 2.45) is 5.41 Å². The molecule has 25 heavy (non-hydrogen) atoms. The van der Waals surface area contributed by atoms with E-state index in [4.69, 9.17) is 9.47 Å². The molecule has 0 amide bonds. The van der Waals surface area contributed by atoms with E-state index in [-0.39, 0.29) is 11.6 Å². The first-order chi connectivity index (χ1) is 12.1. The van der Waals surface area contributed by atoms with Gasteiger partial charge in [-0.25, -0.2) is 8.42 Å². The summed E-state index contributed by atoms with van der Waals surface area (Å²) in [6.45, 7) is 5.30. The zero-order chi connectivity index (χ0) is 17.3. The molecule has 1 aromatic rings. The molecule has 1 atom stereocenters. The Labute approximate surface area is 149 Å². The van der Waals surface area contributed by atoms with Crippen LogP contribution in [0.4, 0.5) is 0 Å². The van der Waals surface area contributed by atoms with Crippen molar-refractivity contribution >= 4 is 10.0 Å². The largest absolute Gasteiger partial charge is 0.379 e. The summed E-state index contributed by atoms with van der Waals surface area (Å²) in [5.74, 6) is 0. The third kappa shape index (κ3) is 3.48. The summed E-state index contributed by atoms with van der Waals surface area (Å²) >= 11 is 0. The quantitative estimate of drug-likeness (QED) is 0.812. The maximum atomic E-state index is 12.8. The summed E-state index contributed by atoms with van der Waals surface area (Å²) in [4.78, 5) is 2.76. The first-order valence-electron chi connectivity index (χ1n) is 9.08. The average molecular weight is 366 g/mol. The van der Waals surface area contributed by atoms with Crippen molar-refractivity contribution in [3.05, 3.63) is 30.3 Å². The van der Waals surface area contributed by atoms with Gasteiger partial charge in [-0.3, -0.25) is 4.90 Å².